The van der Waals surface area contributed by atoms with Gasteiger partial charge in [0.15, 0.2) is 0 Å². The van der Waals surface area contributed by atoms with E-state index in [1.54, 1.807) is 0 Å². The van der Waals surface area contributed by atoms with Crippen LogP contribution in [0, 0.1) is 0 Å². The summed E-state index contributed by atoms with van der Waals surface area (Å²) in [7, 11) is 0. The third kappa shape index (κ3) is 2.89. The first kappa shape index (κ1) is 12.2. The zero-order chi connectivity index (χ0) is 12.3. The molecule has 0 radical (unpaired) electrons. The predicted molar refractivity (Wildman–Crippen MR) is 74.4 cm³/mol. The van der Waals surface area contributed by atoms with Crippen LogP contribution in [0.15, 0.2) is 30.9 Å². The van der Waals surface area contributed by atoms with Crippen LogP contribution in [0.1, 0.15) is 25.0 Å². The Morgan fingerprint density at radius 1 is 1.47 bits per heavy atom. The van der Waals surface area contributed by atoms with Crippen molar-refractivity contribution in [2.45, 2.75) is 32.9 Å². The van der Waals surface area contributed by atoms with Crippen LogP contribution in [0.5, 0.6) is 0 Å². The van der Waals surface area contributed by atoms with Crippen LogP contribution in [0.25, 0.3) is 0 Å². The molecule has 0 amide bonds. The van der Waals surface area contributed by atoms with Gasteiger partial charge in [-0.2, -0.15) is 0 Å². The van der Waals surface area contributed by atoms with Crippen molar-refractivity contribution in [1.82, 2.24) is 4.90 Å². The Hall–Kier alpha value is -1.28. The molecule has 2 heteroatoms. The van der Waals surface area contributed by atoms with Gasteiger partial charge in [0.05, 0.1) is 0 Å². The third-order valence-electron chi connectivity index (χ3n) is 3.36. The second kappa shape index (κ2) is 5.37. The molecule has 1 aromatic carbocycles. The fourth-order valence-electron chi connectivity index (χ4n) is 2.31. The molecular weight excluding hydrogens is 208 g/mol. The van der Waals surface area contributed by atoms with E-state index in [2.05, 4.69) is 48.8 Å². The Balaban J connectivity index is 2.09. The van der Waals surface area contributed by atoms with E-state index in [0.717, 1.165) is 26.1 Å². The quantitative estimate of drug-likeness (QED) is 0.782. The minimum Gasteiger partial charge on any atom is -0.384 e. The fraction of sp³-hybridized carbons (Fsp3) is 0.467. The summed E-state index contributed by atoms with van der Waals surface area (Å²) in [6.45, 7) is 11.3. The van der Waals surface area contributed by atoms with Gasteiger partial charge in [-0.3, -0.25) is 4.90 Å². The average Bonchev–Trinajstić information content (AvgIpc) is 2.75. The van der Waals surface area contributed by atoms with E-state index in [-0.39, 0.29) is 0 Å². The molecule has 1 aliphatic rings. The Bertz CT molecular complexity index is 396. The first-order chi connectivity index (χ1) is 8.20. The monoisotopic (exact) mass is 230 g/mol. The van der Waals surface area contributed by atoms with Gasteiger partial charge in [0.25, 0.3) is 0 Å². The summed E-state index contributed by atoms with van der Waals surface area (Å²) in [6.07, 6.45) is 3.14. The van der Waals surface area contributed by atoms with Gasteiger partial charge in [-0.25, -0.2) is 0 Å². The number of rotatable bonds is 5. The number of benzene rings is 1. The second-order valence-corrected chi connectivity index (χ2v) is 4.98. The van der Waals surface area contributed by atoms with Crippen molar-refractivity contribution in [2.75, 3.05) is 18.4 Å². The molecule has 2 nitrogen and oxygen atoms in total. The number of hydrogen-bond acceptors (Lipinski definition) is 2. The van der Waals surface area contributed by atoms with Crippen LogP contribution in [0.3, 0.4) is 0 Å². The molecule has 0 spiro atoms. The van der Waals surface area contributed by atoms with Gasteiger partial charge < -0.3 is 5.32 Å². The van der Waals surface area contributed by atoms with Crippen molar-refractivity contribution in [3.63, 3.8) is 0 Å². The molecule has 0 unspecified atom stereocenters. The van der Waals surface area contributed by atoms with Gasteiger partial charge in [-0.15, -0.1) is 6.58 Å². The summed E-state index contributed by atoms with van der Waals surface area (Å²) >= 11 is 0. The highest BCUT2D eigenvalue weighted by atomic mass is 15.1. The summed E-state index contributed by atoms with van der Waals surface area (Å²) in [4.78, 5) is 2.43. The van der Waals surface area contributed by atoms with Crippen molar-refractivity contribution in [3.05, 3.63) is 42.0 Å². The summed E-state index contributed by atoms with van der Waals surface area (Å²) in [5, 5.41) is 3.40. The Morgan fingerprint density at radius 3 is 3.00 bits per heavy atom. The number of hydrogen-bond donors (Lipinski definition) is 1. The van der Waals surface area contributed by atoms with Gasteiger partial charge in [0.1, 0.15) is 0 Å². The van der Waals surface area contributed by atoms with E-state index in [4.69, 9.17) is 0 Å². The molecule has 92 valence electrons. The topological polar surface area (TPSA) is 15.3 Å². The zero-order valence-corrected chi connectivity index (χ0v) is 10.9. The summed E-state index contributed by atoms with van der Waals surface area (Å²) in [5.41, 5.74) is 4.18. The van der Waals surface area contributed by atoms with Gasteiger partial charge in [0.2, 0.25) is 0 Å². The van der Waals surface area contributed by atoms with Crippen molar-refractivity contribution in [3.8, 4) is 0 Å². The molecule has 0 saturated heterocycles. The maximum atomic E-state index is 3.83. The van der Waals surface area contributed by atoms with Crippen LogP contribution in [-0.2, 0) is 13.0 Å². The molecule has 1 heterocycles. The molecule has 2 rings (SSSR count). The van der Waals surface area contributed by atoms with Crippen LogP contribution in [0.4, 0.5) is 5.69 Å². The molecule has 0 fully saturated rings. The molecular formula is C15H22N2. The third-order valence-corrected chi connectivity index (χ3v) is 3.36. The first-order valence-corrected chi connectivity index (χ1v) is 6.41. The van der Waals surface area contributed by atoms with E-state index < -0.39 is 0 Å². The molecule has 0 atom stereocenters. The number of nitrogens with zero attached hydrogens (tertiary/aromatic N) is 1. The molecule has 0 bridgehead atoms. The highest BCUT2D eigenvalue weighted by Gasteiger charge is 2.12. The van der Waals surface area contributed by atoms with E-state index in [9.17, 15) is 0 Å². The lowest BCUT2D eigenvalue weighted by molar-refractivity contribution is 0.237. The number of fused-ring (bicyclic) bond motifs is 1. The first-order valence-electron chi connectivity index (χ1n) is 6.41. The molecule has 17 heavy (non-hydrogen) atoms. The molecule has 0 aromatic heterocycles. The molecule has 1 aromatic rings. The van der Waals surface area contributed by atoms with E-state index in [1.165, 1.54) is 16.8 Å². The van der Waals surface area contributed by atoms with E-state index in [1.807, 2.05) is 6.08 Å². The van der Waals surface area contributed by atoms with Crippen LogP contribution >= 0.6 is 0 Å². The highest BCUT2D eigenvalue weighted by Crippen LogP contribution is 2.23. The zero-order valence-electron chi connectivity index (χ0n) is 10.9. The van der Waals surface area contributed by atoms with Gasteiger partial charge >= 0.3 is 0 Å². The Kier molecular flexibility index (Phi) is 3.85. The van der Waals surface area contributed by atoms with Crippen LogP contribution in [-0.4, -0.2) is 24.0 Å². The van der Waals surface area contributed by atoms with Crippen molar-refractivity contribution >= 4 is 5.69 Å². The maximum absolute atomic E-state index is 3.83. The lowest BCUT2D eigenvalue weighted by atomic mass is 10.1. The lowest BCUT2D eigenvalue weighted by Gasteiger charge is -2.25. The largest absolute Gasteiger partial charge is 0.384 e. The van der Waals surface area contributed by atoms with Gasteiger partial charge in [-0.1, -0.05) is 18.2 Å². The summed E-state index contributed by atoms with van der Waals surface area (Å²) < 4.78 is 0. The number of anilines is 1. The maximum Gasteiger partial charge on any atom is 0.0373 e. The highest BCUT2D eigenvalue weighted by molar-refractivity contribution is 5.56. The minimum atomic E-state index is 0.555. The minimum absolute atomic E-state index is 0.555. The van der Waals surface area contributed by atoms with Crippen molar-refractivity contribution in [1.29, 1.82) is 0 Å². The van der Waals surface area contributed by atoms with Gasteiger partial charge in [-0.05, 0) is 37.5 Å². The predicted octanol–water partition coefficient (Wildman–Crippen LogP) is 3.05. The second-order valence-electron chi connectivity index (χ2n) is 4.98. The normalized spacial score (nSPS) is 13.9. The van der Waals surface area contributed by atoms with Crippen molar-refractivity contribution < 1.29 is 0 Å². The molecule has 0 aliphatic carbocycles. The number of nitrogens with one attached hydrogen (secondary N) is 1. The van der Waals surface area contributed by atoms with Crippen molar-refractivity contribution in [2.24, 2.45) is 0 Å². The summed E-state index contributed by atoms with van der Waals surface area (Å²) in [5.74, 6) is 0. The lowest BCUT2D eigenvalue weighted by Crippen LogP contribution is -2.30. The van der Waals surface area contributed by atoms with Crippen LogP contribution < -0.4 is 5.32 Å². The SMILES string of the molecule is C=CCN(Cc1ccc2c(c1)CCN2)C(C)C. The Labute approximate surface area is 104 Å². The van der Waals surface area contributed by atoms with Crippen LogP contribution in [0.2, 0.25) is 0 Å². The smallest absolute Gasteiger partial charge is 0.0373 e. The van der Waals surface area contributed by atoms with E-state index in [0.29, 0.717) is 6.04 Å². The molecule has 0 saturated carbocycles. The molecule has 1 N–H and O–H groups in total. The standard InChI is InChI=1S/C15H22N2/c1-4-9-17(12(2)3)11-13-5-6-15-14(10-13)7-8-16-15/h4-6,10,12,16H,1,7-9,11H2,2-3H3. The van der Waals surface area contributed by atoms with Gasteiger partial charge in [0, 0.05) is 31.4 Å². The average molecular weight is 230 g/mol. The molecule has 1 aliphatic heterocycles. The Morgan fingerprint density at radius 2 is 2.29 bits per heavy atom. The fourth-order valence-corrected chi connectivity index (χ4v) is 2.31. The van der Waals surface area contributed by atoms with E-state index >= 15 is 0 Å². The summed E-state index contributed by atoms with van der Waals surface area (Å²) in [6, 6.07) is 7.34.